The van der Waals surface area contributed by atoms with Crippen LogP contribution in [0.2, 0.25) is 5.02 Å². The summed E-state index contributed by atoms with van der Waals surface area (Å²) in [6.45, 7) is 2.12. The van der Waals surface area contributed by atoms with Crippen LogP contribution in [0.1, 0.15) is 24.2 Å². The average molecular weight is 245 g/mol. The Morgan fingerprint density at radius 3 is 2.29 bits per heavy atom. The van der Waals surface area contributed by atoms with E-state index in [-0.39, 0.29) is 11.7 Å². The molecule has 0 aromatic heterocycles. The summed E-state index contributed by atoms with van der Waals surface area (Å²) in [7, 11) is 0. The SMILES string of the molecule is CC1(c2ccc(Cl)cc2)O[C@@H]1c1ccccc1. The van der Waals surface area contributed by atoms with Crippen molar-refractivity contribution in [1.82, 2.24) is 0 Å². The molecule has 2 atom stereocenters. The van der Waals surface area contributed by atoms with Crippen LogP contribution in [0.4, 0.5) is 0 Å². The van der Waals surface area contributed by atoms with Crippen molar-refractivity contribution in [3.05, 3.63) is 70.7 Å². The fraction of sp³-hybridized carbons (Fsp3) is 0.200. The molecule has 3 rings (SSSR count). The zero-order valence-corrected chi connectivity index (χ0v) is 10.3. The fourth-order valence-electron chi connectivity index (χ4n) is 2.22. The van der Waals surface area contributed by atoms with Crippen LogP contribution in [0.5, 0.6) is 0 Å². The van der Waals surface area contributed by atoms with Crippen molar-refractivity contribution in [1.29, 1.82) is 0 Å². The molecule has 0 bridgehead atoms. The third-order valence-electron chi connectivity index (χ3n) is 3.33. The fourth-order valence-corrected chi connectivity index (χ4v) is 2.35. The first-order chi connectivity index (χ1) is 8.20. The van der Waals surface area contributed by atoms with Gasteiger partial charge in [-0.1, -0.05) is 54.1 Å². The summed E-state index contributed by atoms with van der Waals surface area (Å²) in [5.41, 5.74) is 2.20. The lowest BCUT2D eigenvalue weighted by molar-refractivity contribution is 0.313. The molecule has 1 unspecified atom stereocenters. The van der Waals surface area contributed by atoms with Gasteiger partial charge in [0.2, 0.25) is 0 Å². The van der Waals surface area contributed by atoms with Gasteiger partial charge in [-0.25, -0.2) is 0 Å². The highest BCUT2D eigenvalue weighted by Crippen LogP contribution is 2.56. The van der Waals surface area contributed by atoms with E-state index in [2.05, 4.69) is 19.1 Å². The Bertz CT molecular complexity index is 520. The van der Waals surface area contributed by atoms with Crippen molar-refractivity contribution in [2.45, 2.75) is 18.6 Å². The number of epoxide rings is 1. The van der Waals surface area contributed by atoms with E-state index in [1.54, 1.807) is 0 Å². The van der Waals surface area contributed by atoms with Gasteiger partial charge in [-0.2, -0.15) is 0 Å². The van der Waals surface area contributed by atoms with Gasteiger partial charge in [0.05, 0.1) is 0 Å². The molecule has 0 N–H and O–H groups in total. The molecule has 1 saturated heterocycles. The molecular formula is C15H13ClO. The summed E-state index contributed by atoms with van der Waals surface area (Å²) >= 11 is 5.89. The van der Waals surface area contributed by atoms with Crippen LogP contribution in [-0.4, -0.2) is 0 Å². The zero-order valence-electron chi connectivity index (χ0n) is 9.56. The minimum Gasteiger partial charge on any atom is -0.356 e. The van der Waals surface area contributed by atoms with Gasteiger partial charge in [0.15, 0.2) is 0 Å². The lowest BCUT2D eigenvalue weighted by Gasteiger charge is -2.07. The molecule has 1 aliphatic rings. The number of rotatable bonds is 2. The molecule has 1 heterocycles. The normalized spacial score (nSPS) is 26.8. The quantitative estimate of drug-likeness (QED) is 0.717. The Balaban J connectivity index is 1.89. The number of halogens is 1. The van der Waals surface area contributed by atoms with Crippen LogP contribution in [0.3, 0.4) is 0 Å². The molecule has 0 amide bonds. The van der Waals surface area contributed by atoms with E-state index >= 15 is 0 Å². The smallest absolute Gasteiger partial charge is 0.122 e. The van der Waals surface area contributed by atoms with E-state index in [1.165, 1.54) is 11.1 Å². The first kappa shape index (κ1) is 10.8. The summed E-state index contributed by atoms with van der Waals surface area (Å²) in [5, 5.41) is 0.759. The highest BCUT2D eigenvalue weighted by molar-refractivity contribution is 6.30. The van der Waals surface area contributed by atoms with Crippen LogP contribution >= 0.6 is 11.6 Å². The Morgan fingerprint density at radius 2 is 1.65 bits per heavy atom. The van der Waals surface area contributed by atoms with Crippen molar-refractivity contribution in [2.24, 2.45) is 0 Å². The van der Waals surface area contributed by atoms with E-state index in [4.69, 9.17) is 16.3 Å². The predicted molar refractivity (Wildman–Crippen MR) is 69.1 cm³/mol. The molecule has 0 aliphatic carbocycles. The van der Waals surface area contributed by atoms with E-state index < -0.39 is 0 Å². The summed E-state index contributed by atoms with van der Waals surface area (Å²) in [4.78, 5) is 0. The van der Waals surface area contributed by atoms with Gasteiger partial charge in [0.1, 0.15) is 11.7 Å². The lowest BCUT2D eigenvalue weighted by Crippen LogP contribution is -2.03. The summed E-state index contributed by atoms with van der Waals surface area (Å²) in [6, 6.07) is 18.2. The maximum atomic E-state index is 5.89. The van der Waals surface area contributed by atoms with Crippen molar-refractivity contribution in [3.8, 4) is 0 Å². The molecule has 1 nitrogen and oxygen atoms in total. The van der Waals surface area contributed by atoms with Crippen molar-refractivity contribution >= 4 is 11.6 Å². The van der Waals surface area contributed by atoms with Crippen LogP contribution < -0.4 is 0 Å². The van der Waals surface area contributed by atoms with E-state index in [9.17, 15) is 0 Å². The van der Waals surface area contributed by atoms with Crippen LogP contribution in [0.25, 0.3) is 0 Å². The van der Waals surface area contributed by atoms with E-state index in [0.717, 1.165) is 5.02 Å². The first-order valence-corrected chi connectivity index (χ1v) is 6.07. The van der Waals surface area contributed by atoms with Crippen LogP contribution in [0, 0.1) is 0 Å². The topological polar surface area (TPSA) is 12.5 Å². The van der Waals surface area contributed by atoms with Crippen LogP contribution in [0.15, 0.2) is 54.6 Å². The summed E-state index contributed by atoms with van der Waals surface area (Å²) < 4.78 is 5.87. The van der Waals surface area contributed by atoms with Crippen molar-refractivity contribution in [3.63, 3.8) is 0 Å². The number of hydrogen-bond donors (Lipinski definition) is 0. The van der Waals surface area contributed by atoms with Crippen molar-refractivity contribution < 1.29 is 4.74 Å². The standard InChI is InChI=1S/C15H13ClO/c1-15(12-7-9-13(16)10-8-12)14(17-15)11-5-3-2-4-6-11/h2-10,14H,1H3/t14-,15?/m1/s1. The number of ether oxygens (including phenoxy) is 1. The highest BCUT2D eigenvalue weighted by Gasteiger charge is 2.54. The van der Waals surface area contributed by atoms with Crippen LogP contribution in [-0.2, 0) is 10.3 Å². The molecule has 17 heavy (non-hydrogen) atoms. The molecule has 0 radical (unpaired) electrons. The van der Waals surface area contributed by atoms with Gasteiger partial charge >= 0.3 is 0 Å². The van der Waals surface area contributed by atoms with Gasteiger partial charge in [-0.05, 0) is 30.2 Å². The maximum absolute atomic E-state index is 5.89. The molecule has 0 spiro atoms. The van der Waals surface area contributed by atoms with Gasteiger partial charge < -0.3 is 4.74 Å². The Kier molecular flexibility index (Phi) is 2.46. The molecule has 2 heteroatoms. The second-order valence-electron chi connectivity index (χ2n) is 4.52. The Labute approximate surface area is 106 Å². The Hall–Kier alpha value is -1.31. The molecule has 1 aliphatic heterocycles. The number of hydrogen-bond acceptors (Lipinski definition) is 1. The molecule has 1 fully saturated rings. The van der Waals surface area contributed by atoms with E-state index in [0.29, 0.717) is 0 Å². The maximum Gasteiger partial charge on any atom is 0.122 e. The largest absolute Gasteiger partial charge is 0.356 e. The summed E-state index contributed by atoms with van der Waals surface area (Å²) in [5.74, 6) is 0. The van der Waals surface area contributed by atoms with E-state index in [1.807, 2.05) is 42.5 Å². The third kappa shape index (κ3) is 1.86. The molecular weight excluding hydrogens is 232 g/mol. The molecule has 0 saturated carbocycles. The van der Waals surface area contributed by atoms with Gasteiger partial charge in [0.25, 0.3) is 0 Å². The molecule has 2 aromatic rings. The zero-order chi connectivity index (χ0) is 11.9. The minimum atomic E-state index is -0.202. The predicted octanol–water partition coefficient (Wildman–Crippen LogP) is 4.33. The Morgan fingerprint density at radius 1 is 1.00 bits per heavy atom. The molecule has 2 aromatic carbocycles. The molecule has 86 valence electrons. The summed E-state index contributed by atoms with van der Waals surface area (Å²) in [6.07, 6.45) is 0.157. The first-order valence-electron chi connectivity index (χ1n) is 5.69. The second kappa shape index (κ2) is 3.86. The van der Waals surface area contributed by atoms with Gasteiger partial charge in [-0.15, -0.1) is 0 Å². The van der Waals surface area contributed by atoms with Crippen molar-refractivity contribution in [2.75, 3.05) is 0 Å². The number of benzene rings is 2. The highest BCUT2D eigenvalue weighted by atomic mass is 35.5. The van der Waals surface area contributed by atoms with Gasteiger partial charge in [-0.3, -0.25) is 0 Å². The lowest BCUT2D eigenvalue weighted by atomic mass is 9.94. The minimum absolute atomic E-state index is 0.157. The monoisotopic (exact) mass is 244 g/mol. The second-order valence-corrected chi connectivity index (χ2v) is 4.96. The third-order valence-corrected chi connectivity index (χ3v) is 3.58. The van der Waals surface area contributed by atoms with Gasteiger partial charge in [0, 0.05) is 5.02 Å². The average Bonchev–Trinajstić information content (AvgIpc) is 3.05.